The quantitative estimate of drug-likeness (QED) is 0.802. The number of furan rings is 2. The Morgan fingerprint density at radius 2 is 1.87 bits per heavy atom. The molecule has 3 nitrogen and oxygen atoms in total. The van der Waals surface area contributed by atoms with Gasteiger partial charge in [0.1, 0.15) is 5.76 Å². The topological polar surface area (TPSA) is 43.4 Å². The van der Waals surface area contributed by atoms with Gasteiger partial charge < -0.3 is 8.83 Å². The van der Waals surface area contributed by atoms with Crippen molar-refractivity contribution in [2.45, 2.75) is 13.3 Å². The monoisotopic (exact) mass is 268 g/mol. The molecule has 0 radical (unpaired) electrons. The largest absolute Gasteiger partial charge is 0.457 e. The second-order valence-electron chi connectivity index (χ2n) is 3.05. The van der Waals surface area contributed by atoms with Crippen molar-refractivity contribution in [1.29, 1.82) is 0 Å². The van der Waals surface area contributed by atoms with E-state index in [4.69, 9.17) is 8.83 Å². The van der Waals surface area contributed by atoms with Gasteiger partial charge in [0.05, 0.1) is 0 Å². The molecule has 0 bridgehead atoms. The minimum Gasteiger partial charge on any atom is -0.457 e. The van der Waals surface area contributed by atoms with Crippen LogP contribution in [0.15, 0.2) is 37.8 Å². The van der Waals surface area contributed by atoms with Gasteiger partial charge in [-0.15, -0.1) is 0 Å². The Labute approximate surface area is 95.2 Å². The lowest BCUT2D eigenvalue weighted by molar-refractivity contribution is 0.0980. The number of ketones is 1. The molecule has 0 fully saturated rings. The van der Waals surface area contributed by atoms with E-state index < -0.39 is 0 Å². The van der Waals surface area contributed by atoms with E-state index in [2.05, 4.69) is 15.9 Å². The zero-order chi connectivity index (χ0) is 10.8. The molecular weight excluding hydrogens is 260 g/mol. The van der Waals surface area contributed by atoms with Gasteiger partial charge >= 0.3 is 0 Å². The lowest BCUT2D eigenvalue weighted by Crippen LogP contribution is -1.96. The second kappa shape index (κ2) is 4.06. The maximum Gasteiger partial charge on any atom is 0.263 e. The van der Waals surface area contributed by atoms with E-state index in [1.807, 2.05) is 6.92 Å². The Morgan fingerprint density at radius 3 is 2.40 bits per heavy atom. The second-order valence-corrected chi connectivity index (χ2v) is 3.83. The summed E-state index contributed by atoms with van der Waals surface area (Å²) in [6.45, 7) is 1.97. The summed E-state index contributed by atoms with van der Waals surface area (Å²) in [6, 6.07) is 6.75. The van der Waals surface area contributed by atoms with Gasteiger partial charge in [0.2, 0.25) is 0 Å². The number of halogens is 1. The normalized spacial score (nSPS) is 10.5. The van der Waals surface area contributed by atoms with Crippen molar-refractivity contribution in [2.75, 3.05) is 0 Å². The molecule has 78 valence electrons. The van der Waals surface area contributed by atoms with Crippen LogP contribution in [0, 0.1) is 0 Å². The van der Waals surface area contributed by atoms with E-state index >= 15 is 0 Å². The lowest BCUT2D eigenvalue weighted by Gasteiger charge is -1.92. The van der Waals surface area contributed by atoms with E-state index in [0.717, 1.165) is 12.2 Å². The molecule has 0 amide bonds. The molecule has 0 saturated carbocycles. The van der Waals surface area contributed by atoms with Crippen molar-refractivity contribution in [1.82, 2.24) is 0 Å². The summed E-state index contributed by atoms with van der Waals surface area (Å²) in [5.41, 5.74) is 0. The van der Waals surface area contributed by atoms with Crippen LogP contribution in [0.4, 0.5) is 0 Å². The summed E-state index contributed by atoms with van der Waals surface area (Å²) in [5, 5.41) is 0. The summed E-state index contributed by atoms with van der Waals surface area (Å²) in [6.07, 6.45) is 0.773. The molecule has 0 atom stereocenters. The highest BCUT2D eigenvalue weighted by atomic mass is 79.9. The molecule has 4 heteroatoms. The van der Waals surface area contributed by atoms with E-state index in [9.17, 15) is 4.79 Å². The molecule has 0 aliphatic rings. The summed E-state index contributed by atoms with van der Waals surface area (Å²) in [4.78, 5) is 11.8. The SMILES string of the molecule is CCc1ccc(C(=O)c2ccc(Br)o2)o1. The summed E-state index contributed by atoms with van der Waals surface area (Å²) in [7, 11) is 0. The molecule has 0 N–H and O–H groups in total. The van der Waals surface area contributed by atoms with Gasteiger partial charge in [0, 0.05) is 6.42 Å². The predicted octanol–water partition coefficient (Wildman–Crippen LogP) is 3.43. The summed E-state index contributed by atoms with van der Waals surface area (Å²) < 4.78 is 11.0. The van der Waals surface area contributed by atoms with Crippen LogP contribution < -0.4 is 0 Å². The first-order valence-electron chi connectivity index (χ1n) is 4.59. The van der Waals surface area contributed by atoms with Crippen LogP contribution in [-0.4, -0.2) is 5.78 Å². The third-order valence-corrected chi connectivity index (χ3v) is 2.46. The Bertz CT molecular complexity index is 481. The smallest absolute Gasteiger partial charge is 0.263 e. The van der Waals surface area contributed by atoms with Crippen LogP contribution in [0.1, 0.15) is 29.0 Å². The van der Waals surface area contributed by atoms with Gasteiger partial charge in [-0.3, -0.25) is 4.79 Å². The maximum atomic E-state index is 11.8. The van der Waals surface area contributed by atoms with Crippen molar-refractivity contribution < 1.29 is 13.6 Å². The minimum atomic E-state index is -0.236. The minimum absolute atomic E-state index is 0.236. The maximum absolute atomic E-state index is 11.8. The number of hydrogen-bond donors (Lipinski definition) is 0. The lowest BCUT2D eigenvalue weighted by atomic mass is 10.2. The first-order valence-corrected chi connectivity index (χ1v) is 5.38. The fraction of sp³-hybridized carbons (Fsp3) is 0.182. The third-order valence-electron chi connectivity index (χ3n) is 2.03. The Hall–Kier alpha value is -1.29. The number of carbonyl (C=O) groups is 1. The average molecular weight is 269 g/mol. The van der Waals surface area contributed by atoms with Gasteiger partial charge in [-0.25, -0.2) is 0 Å². The molecule has 2 heterocycles. The number of carbonyl (C=O) groups excluding carboxylic acids is 1. The van der Waals surface area contributed by atoms with Crippen LogP contribution in [0.25, 0.3) is 0 Å². The molecular formula is C11H9BrO3. The molecule has 2 aromatic rings. The summed E-state index contributed by atoms with van der Waals surface area (Å²) in [5.74, 6) is 1.15. The molecule has 0 unspecified atom stereocenters. The zero-order valence-electron chi connectivity index (χ0n) is 8.12. The highest BCUT2D eigenvalue weighted by molar-refractivity contribution is 9.10. The van der Waals surface area contributed by atoms with Crippen LogP contribution in [-0.2, 0) is 6.42 Å². The highest BCUT2D eigenvalue weighted by Crippen LogP contribution is 2.19. The predicted molar refractivity (Wildman–Crippen MR) is 57.9 cm³/mol. The molecule has 15 heavy (non-hydrogen) atoms. The molecule has 0 spiro atoms. The van der Waals surface area contributed by atoms with Gasteiger partial charge in [-0.1, -0.05) is 6.92 Å². The molecule has 0 aliphatic heterocycles. The Morgan fingerprint density at radius 1 is 1.20 bits per heavy atom. The van der Waals surface area contributed by atoms with Gasteiger partial charge in [-0.2, -0.15) is 0 Å². The van der Waals surface area contributed by atoms with Crippen molar-refractivity contribution in [3.8, 4) is 0 Å². The van der Waals surface area contributed by atoms with Gasteiger partial charge in [-0.05, 0) is 40.2 Å². The van der Waals surface area contributed by atoms with Gasteiger partial charge in [0.15, 0.2) is 16.2 Å². The highest BCUT2D eigenvalue weighted by Gasteiger charge is 2.16. The first kappa shape index (κ1) is 10.2. The molecule has 0 aromatic carbocycles. The van der Waals surface area contributed by atoms with Crippen molar-refractivity contribution in [3.05, 3.63) is 46.2 Å². The van der Waals surface area contributed by atoms with Crippen LogP contribution in [0.2, 0.25) is 0 Å². The molecule has 0 aliphatic carbocycles. The molecule has 2 aromatic heterocycles. The number of aryl methyl sites for hydroxylation is 1. The van der Waals surface area contributed by atoms with E-state index in [1.165, 1.54) is 0 Å². The standard InChI is InChI=1S/C11H9BrO3/c1-2-7-3-4-8(14-7)11(13)9-5-6-10(12)15-9/h3-6H,2H2,1H3. The van der Waals surface area contributed by atoms with E-state index in [-0.39, 0.29) is 11.5 Å². The summed E-state index contributed by atoms with van der Waals surface area (Å²) >= 11 is 3.14. The first-order chi connectivity index (χ1) is 7.20. The van der Waals surface area contributed by atoms with Crippen LogP contribution in [0.3, 0.4) is 0 Å². The average Bonchev–Trinajstić information content (AvgIpc) is 2.84. The number of hydrogen-bond acceptors (Lipinski definition) is 3. The molecule has 0 saturated heterocycles. The fourth-order valence-corrected chi connectivity index (χ4v) is 1.55. The Balaban J connectivity index is 2.28. The van der Waals surface area contributed by atoms with Gasteiger partial charge in [0.25, 0.3) is 5.78 Å². The van der Waals surface area contributed by atoms with E-state index in [0.29, 0.717) is 10.4 Å². The zero-order valence-corrected chi connectivity index (χ0v) is 9.71. The van der Waals surface area contributed by atoms with Crippen LogP contribution in [0.5, 0.6) is 0 Å². The van der Waals surface area contributed by atoms with E-state index in [1.54, 1.807) is 24.3 Å². The van der Waals surface area contributed by atoms with Crippen molar-refractivity contribution in [3.63, 3.8) is 0 Å². The van der Waals surface area contributed by atoms with Crippen LogP contribution >= 0.6 is 15.9 Å². The third kappa shape index (κ3) is 2.04. The fourth-order valence-electron chi connectivity index (χ4n) is 1.25. The number of rotatable bonds is 3. The Kier molecular flexibility index (Phi) is 2.77. The van der Waals surface area contributed by atoms with Crippen molar-refractivity contribution in [2.24, 2.45) is 0 Å². The van der Waals surface area contributed by atoms with Crippen molar-refractivity contribution >= 4 is 21.7 Å². The molecule has 2 rings (SSSR count).